The van der Waals surface area contributed by atoms with Crippen molar-refractivity contribution >= 4 is 11.8 Å². The zero-order valence-electron chi connectivity index (χ0n) is 15.3. The molecule has 2 aromatic carbocycles. The summed E-state index contributed by atoms with van der Waals surface area (Å²) < 4.78 is 35.1. The Balaban J connectivity index is 1.37. The number of halogens is 2. The van der Waals surface area contributed by atoms with E-state index in [9.17, 15) is 8.78 Å². The molecule has 1 aliphatic rings. The molecule has 0 spiro atoms. The van der Waals surface area contributed by atoms with Crippen molar-refractivity contribution in [2.75, 3.05) is 0 Å². The Labute approximate surface area is 169 Å². The predicted molar refractivity (Wildman–Crippen MR) is 105 cm³/mol. The molecule has 0 radical (unpaired) electrons. The van der Waals surface area contributed by atoms with Gasteiger partial charge in [0.1, 0.15) is 11.6 Å². The van der Waals surface area contributed by atoms with Crippen LogP contribution in [-0.4, -0.2) is 19.7 Å². The summed E-state index contributed by atoms with van der Waals surface area (Å²) in [6, 6.07) is 13.0. The van der Waals surface area contributed by atoms with Gasteiger partial charge < -0.3 is 4.42 Å². The molecule has 0 saturated heterocycles. The Morgan fingerprint density at radius 1 is 1.03 bits per heavy atom. The topological polar surface area (TPSA) is 56.7 Å². The molecule has 2 heterocycles. The molecule has 4 aromatic rings. The van der Waals surface area contributed by atoms with E-state index in [0.29, 0.717) is 40.0 Å². The summed E-state index contributed by atoms with van der Waals surface area (Å²) in [5.74, 6) is 1.52. The summed E-state index contributed by atoms with van der Waals surface area (Å²) in [5.41, 5.74) is 1.21. The molecule has 29 heavy (non-hydrogen) atoms. The van der Waals surface area contributed by atoms with Crippen LogP contribution in [0.4, 0.5) is 8.78 Å². The lowest BCUT2D eigenvalue weighted by molar-refractivity contribution is 0.529. The van der Waals surface area contributed by atoms with Crippen LogP contribution in [0.1, 0.15) is 24.8 Å². The Kier molecular flexibility index (Phi) is 4.63. The number of aromatic nitrogens is 4. The second-order valence-electron chi connectivity index (χ2n) is 6.80. The molecule has 1 saturated carbocycles. The van der Waals surface area contributed by atoms with Crippen molar-refractivity contribution in [3.8, 4) is 22.7 Å². The number of oxazole rings is 1. The van der Waals surface area contributed by atoms with E-state index in [2.05, 4.69) is 15.2 Å². The van der Waals surface area contributed by atoms with Crippen LogP contribution in [0.2, 0.25) is 0 Å². The Morgan fingerprint density at radius 3 is 2.59 bits per heavy atom. The third kappa shape index (κ3) is 3.67. The van der Waals surface area contributed by atoms with Gasteiger partial charge in [-0.05, 0) is 49.2 Å². The summed E-state index contributed by atoms with van der Waals surface area (Å²) in [4.78, 5) is 4.30. The fraction of sp³-hybridized carbons (Fsp3) is 0.190. The standard InChI is InChI=1S/C21H16F2N4OS/c22-14-7-5-13(6-8-14)18-11-24-19(28-18)12-29-21-26-25-20(27(21)15-9-10-15)16-3-1-2-4-17(16)23/h1-8,11,15H,9-10,12H2. The third-order valence-corrected chi connectivity index (χ3v) is 5.63. The van der Waals surface area contributed by atoms with Crippen molar-refractivity contribution in [3.05, 3.63) is 72.3 Å². The summed E-state index contributed by atoms with van der Waals surface area (Å²) in [7, 11) is 0. The molecule has 0 atom stereocenters. The van der Waals surface area contributed by atoms with Crippen LogP contribution in [0.25, 0.3) is 22.7 Å². The first-order valence-corrected chi connectivity index (χ1v) is 10.2. The van der Waals surface area contributed by atoms with Gasteiger partial charge in [-0.2, -0.15) is 0 Å². The van der Waals surface area contributed by atoms with Gasteiger partial charge in [0.2, 0.25) is 5.89 Å². The molecule has 2 aromatic heterocycles. The molecule has 0 N–H and O–H groups in total. The van der Waals surface area contributed by atoms with Crippen molar-refractivity contribution in [1.82, 2.24) is 19.7 Å². The average Bonchev–Trinajstić information content (AvgIpc) is 3.31. The molecule has 1 aliphatic carbocycles. The fourth-order valence-corrected chi connectivity index (χ4v) is 3.97. The van der Waals surface area contributed by atoms with Crippen LogP contribution >= 0.6 is 11.8 Å². The molecule has 0 unspecified atom stereocenters. The van der Waals surface area contributed by atoms with E-state index in [1.165, 1.54) is 30.0 Å². The highest BCUT2D eigenvalue weighted by molar-refractivity contribution is 7.98. The van der Waals surface area contributed by atoms with Gasteiger partial charge >= 0.3 is 0 Å². The number of hydrogen-bond donors (Lipinski definition) is 0. The Bertz CT molecular complexity index is 1150. The van der Waals surface area contributed by atoms with E-state index >= 15 is 0 Å². The van der Waals surface area contributed by atoms with Gasteiger partial charge in [-0.1, -0.05) is 23.9 Å². The second kappa shape index (κ2) is 7.44. The van der Waals surface area contributed by atoms with Gasteiger partial charge in [-0.3, -0.25) is 4.57 Å². The maximum Gasteiger partial charge on any atom is 0.205 e. The second-order valence-corrected chi connectivity index (χ2v) is 7.74. The molecule has 1 fully saturated rings. The van der Waals surface area contributed by atoms with Crippen LogP contribution in [0.15, 0.2) is 64.3 Å². The van der Waals surface area contributed by atoms with Crippen molar-refractivity contribution in [2.24, 2.45) is 0 Å². The van der Waals surface area contributed by atoms with Crippen molar-refractivity contribution in [3.63, 3.8) is 0 Å². The number of benzene rings is 2. The largest absolute Gasteiger partial charge is 0.440 e. The number of thioether (sulfide) groups is 1. The lowest BCUT2D eigenvalue weighted by atomic mass is 10.2. The Morgan fingerprint density at radius 2 is 1.83 bits per heavy atom. The van der Waals surface area contributed by atoms with E-state index in [0.717, 1.165) is 18.4 Å². The van der Waals surface area contributed by atoms with Crippen LogP contribution in [-0.2, 0) is 5.75 Å². The van der Waals surface area contributed by atoms with E-state index < -0.39 is 0 Å². The van der Waals surface area contributed by atoms with E-state index in [4.69, 9.17) is 4.42 Å². The van der Waals surface area contributed by atoms with Crippen LogP contribution < -0.4 is 0 Å². The smallest absolute Gasteiger partial charge is 0.205 e. The molecule has 146 valence electrons. The van der Waals surface area contributed by atoms with E-state index in [1.807, 2.05) is 4.57 Å². The summed E-state index contributed by atoms with van der Waals surface area (Å²) in [6.45, 7) is 0. The molecule has 8 heteroatoms. The quantitative estimate of drug-likeness (QED) is 0.393. The van der Waals surface area contributed by atoms with Gasteiger partial charge in [0.05, 0.1) is 17.5 Å². The molecular formula is C21H16F2N4OS. The third-order valence-electron chi connectivity index (χ3n) is 4.70. The Hall–Kier alpha value is -3.00. The highest BCUT2D eigenvalue weighted by atomic mass is 32.2. The summed E-state index contributed by atoms with van der Waals surface area (Å²) in [6.07, 6.45) is 3.68. The number of nitrogens with zero attached hydrogens (tertiary/aromatic N) is 4. The number of hydrogen-bond acceptors (Lipinski definition) is 5. The van der Waals surface area contributed by atoms with Gasteiger partial charge in [-0.15, -0.1) is 10.2 Å². The molecule has 5 nitrogen and oxygen atoms in total. The van der Waals surface area contributed by atoms with Crippen LogP contribution in [0, 0.1) is 11.6 Å². The van der Waals surface area contributed by atoms with E-state index in [1.54, 1.807) is 36.5 Å². The van der Waals surface area contributed by atoms with Gasteiger partial charge in [0.25, 0.3) is 0 Å². The van der Waals surface area contributed by atoms with Crippen LogP contribution in [0.5, 0.6) is 0 Å². The minimum absolute atomic E-state index is 0.293. The first-order valence-electron chi connectivity index (χ1n) is 9.22. The summed E-state index contributed by atoms with van der Waals surface area (Å²) in [5, 5.41) is 9.25. The lowest BCUT2D eigenvalue weighted by Gasteiger charge is -2.08. The van der Waals surface area contributed by atoms with E-state index in [-0.39, 0.29) is 11.6 Å². The first-order chi connectivity index (χ1) is 14.2. The molecule has 0 amide bonds. The SMILES string of the molecule is Fc1ccc(-c2cnc(CSc3nnc(-c4ccccc4F)n3C3CC3)o2)cc1. The normalized spacial score (nSPS) is 13.7. The first kappa shape index (κ1) is 18.1. The van der Waals surface area contributed by atoms with Gasteiger partial charge in [0.15, 0.2) is 16.7 Å². The number of rotatable bonds is 6. The average molecular weight is 410 g/mol. The van der Waals surface area contributed by atoms with Gasteiger partial charge in [-0.25, -0.2) is 13.8 Å². The van der Waals surface area contributed by atoms with Crippen molar-refractivity contribution < 1.29 is 13.2 Å². The molecule has 0 bridgehead atoms. The minimum Gasteiger partial charge on any atom is -0.440 e. The lowest BCUT2D eigenvalue weighted by Crippen LogP contribution is -2.01. The monoisotopic (exact) mass is 410 g/mol. The van der Waals surface area contributed by atoms with Crippen LogP contribution in [0.3, 0.4) is 0 Å². The van der Waals surface area contributed by atoms with Gasteiger partial charge in [0, 0.05) is 11.6 Å². The van der Waals surface area contributed by atoms with Crippen molar-refractivity contribution in [1.29, 1.82) is 0 Å². The minimum atomic E-state index is -0.310. The fourth-order valence-electron chi connectivity index (χ4n) is 3.11. The predicted octanol–water partition coefficient (Wildman–Crippen LogP) is 5.51. The highest BCUT2D eigenvalue weighted by Gasteiger charge is 2.31. The maximum absolute atomic E-state index is 14.3. The van der Waals surface area contributed by atoms with Crippen molar-refractivity contribution in [2.45, 2.75) is 29.8 Å². The zero-order valence-corrected chi connectivity index (χ0v) is 16.1. The molecule has 0 aliphatic heterocycles. The summed E-state index contributed by atoms with van der Waals surface area (Å²) >= 11 is 1.45. The highest BCUT2D eigenvalue weighted by Crippen LogP contribution is 2.41. The molecular weight excluding hydrogens is 394 g/mol. The maximum atomic E-state index is 14.3. The molecule has 5 rings (SSSR count). The zero-order chi connectivity index (χ0) is 19.8.